The maximum Gasteiger partial charge on any atom is 0.397 e. The van der Waals surface area contributed by atoms with Crippen LogP contribution in [0.1, 0.15) is 27.5 Å². The Morgan fingerprint density at radius 3 is 2.67 bits per heavy atom. The molecule has 1 N–H and O–H groups in total. The molecular formula is C16H12F3NO4. The largest absolute Gasteiger partial charge is 0.465 e. The fourth-order valence-electron chi connectivity index (χ4n) is 2.61. The number of H-pyrrole nitrogens is 1. The predicted molar refractivity (Wildman–Crippen MR) is 77.4 cm³/mol. The maximum absolute atomic E-state index is 13.4. The molecule has 1 aliphatic heterocycles. The minimum absolute atomic E-state index is 0.0994. The summed E-state index contributed by atoms with van der Waals surface area (Å²) < 4.78 is 50.4. The van der Waals surface area contributed by atoms with Crippen LogP contribution in [-0.4, -0.2) is 24.2 Å². The highest BCUT2D eigenvalue weighted by Gasteiger charge is 2.44. The number of aromatic amines is 1. The molecule has 0 saturated carbocycles. The zero-order chi connectivity index (χ0) is 17.5. The first-order valence-corrected chi connectivity index (χ1v) is 6.98. The van der Waals surface area contributed by atoms with Gasteiger partial charge in [-0.15, -0.1) is 0 Å². The van der Waals surface area contributed by atoms with Crippen LogP contribution in [0.2, 0.25) is 0 Å². The summed E-state index contributed by atoms with van der Waals surface area (Å²) in [5.41, 5.74) is -0.534. The Hall–Kier alpha value is -2.77. The molecule has 0 amide bonds. The number of ether oxygens (including phenoxy) is 2. The molecule has 0 bridgehead atoms. The zero-order valence-electron chi connectivity index (χ0n) is 12.4. The lowest BCUT2D eigenvalue weighted by atomic mass is 9.94. The SMILES string of the molecule is COC(=O)c1ccc2c(c1)Oc1ccc(=O)[nH]c1C(C(F)(F)F)C2. The van der Waals surface area contributed by atoms with Crippen LogP contribution in [0.25, 0.3) is 0 Å². The van der Waals surface area contributed by atoms with E-state index in [4.69, 9.17) is 4.74 Å². The Kier molecular flexibility index (Phi) is 3.82. The third kappa shape index (κ3) is 2.86. The van der Waals surface area contributed by atoms with Gasteiger partial charge in [0.25, 0.3) is 0 Å². The molecule has 1 unspecified atom stereocenters. The van der Waals surface area contributed by atoms with Crippen LogP contribution < -0.4 is 10.3 Å². The highest BCUT2D eigenvalue weighted by molar-refractivity contribution is 5.90. The topological polar surface area (TPSA) is 68.4 Å². The van der Waals surface area contributed by atoms with Gasteiger partial charge < -0.3 is 14.5 Å². The van der Waals surface area contributed by atoms with E-state index in [1.165, 1.54) is 31.4 Å². The molecule has 3 rings (SSSR count). The van der Waals surface area contributed by atoms with Gasteiger partial charge in [-0.3, -0.25) is 4.79 Å². The first-order valence-electron chi connectivity index (χ1n) is 6.98. The minimum atomic E-state index is -4.56. The van der Waals surface area contributed by atoms with Gasteiger partial charge in [0, 0.05) is 6.07 Å². The Labute approximate surface area is 134 Å². The standard InChI is InChI=1S/C16H12F3NO4/c1-23-15(22)9-3-2-8-6-10(16(17,18)19)14-11(24-12(8)7-9)4-5-13(21)20-14/h2-5,7,10H,6H2,1H3,(H,20,21). The van der Waals surface area contributed by atoms with E-state index >= 15 is 0 Å². The second-order valence-electron chi connectivity index (χ2n) is 5.31. The summed E-state index contributed by atoms with van der Waals surface area (Å²) in [6.45, 7) is 0. The van der Waals surface area contributed by atoms with E-state index in [0.717, 1.165) is 6.07 Å². The molecule has 126 valence electrons. The third-order valence-electron chi connectivity index (χ3n) is 3.79. The molecule has 8 heteroatoms. The molecule has 1 aliphatic rings. The average molecular weight is 339 g/mol. The Bertz CT molecular complexity index is 857. The number of rotatable bonds is 1. The summed E-state index contributed by atoms with van der Waals surface area (Å²) >= 11 is 0. The number of aromatic nitrogens is 1. The van der Waals surface area contributed by atoms with Gasteiger partial charge in [-0.2, -0.15) is 13.2 Å². The van der Waals surface area contributed by atoms with Crippen LogP contribution in [0.3, 0.4) is 0 Å². The second-order valence-corrected chi connectivity index (χ2v) is 5.31. The lowest BCUT2D eigenvalue weighted by molar-refractivity contribution is -0.151. The monoisotopic (exact) mass is 339 g/mol. The van der Waals surface area contributed by atoms with Crippen molar-refractivity contribution in [2.75, 3.05) is 7.11 Å². The number of methoxy groups -OCH3 is 1. The molecule has 0 spiro atoms. The number of nitrogens with one attached hydrogen (secondary N) is 1. The van der Waals surface area contributed by atoms with Crippen molar-refractivity contribution in [3.05, 3.63) is 57.5 Å². The number of carbonyl (C=O) groups excluding carboxylic acids is 1. The van der Waals surface area contributed by atoms with Gasteiger partial charge in [-0.25, -0.2) is 4.79 Å². The molecular weight excluding hydrogens is 327 g/mol. The summed E-state index contributed by atoms with van der Waals surface area (Å²) in [6.07, 6.45) is -4.97. The van der Waals surface area contributed by atoms with Gasteiger partial charge in [-0.05, 0) is 30.2 Å². The van der Waals surface area contributed by atoms with Crippen molar-refractivity contribution in [2.45, 2.75) is 18.5 Å². The van der Waals surface area contributed by atoms with Crippen molar-refractivity contribution in [3.63, 3.8) is 0 Å². The molecule has 1 atom stereocenters. The molecule has 0 radical (unpaired) electrons. The number of carbonyl (C=O) groups is 1. The molecule has 1 aromatic carbocycles. The summed E-state index contributed by atoms with van der Waals surface area (Å²) in [6, 6.07) is 6.37. The predicted octanol–water partition coefficient (Wildman–Crippen LogP) is 3.16. The molecule has 24 heavy (non-hydrogen) atoms. The second kappa shape index (κ2) is 5.70. The lowest BCUT2D eigenvalue weighted by Crippen LogP contribution is -2.25. The van der Waals surface area contributed by atoms with E-state index in [9.17, 15) is 22.8 Å². The summed E-state index contributed by atoms with van der Waals surface area (Å²) in [4.78, 5) is 25.3. The van der Waals surface area contributed by atoms with E-state index < -0.39 is 30.0 Å². The van der Waals surface area contributed by atoms with Crippen molar-refractivity contribution >= 4 is 5.97 Å². The Morgan fingerprint density at radius 2 is 2.00 bits per heavy atom. The van der Waals surface area contributed by atoms with Gasteiger partial charge in [-0.1, -0.05) is 6.07 Å². The molecule has 0 aliphatic carbocycles. The van der Waals surface area contributed by atoms with E-state index in [0.29, 0.717) is 0 Å². The lowest BCUT2D eigenvalue weighted by Gasteiger charge is -2.19. The molecule has 2 heterocycles. The first-order chi connectivity index (χ1) is 11.3. The molecule has 1 aromatic heterocycles. The van der Waals surface area contributed by atoms with Gasteiger partial charge in [0.05, 0.1) is 18.4 Å². The van der Waals surface area contributed by atoms with Gasteiger partial charge in [0.15, 0.2) is 0 Å². The fraction of sp³-hybridized carbons (Fsp3) is 0.250. The maximum atomic E-state index is 13.4. The van der Waals surface area contributed by atoms with Crippen molar-refractivity contribution in [2.24, 2.45) is 0 Å². The Balaban J connectivity index is 2.16. The number of hydrogen-bond acceptors (Lipinski definition) is 4. The van der Waals surface area contributed by atoms with Crippen LogP contribution in [0.4, 0.5) is 13.2 Å². The van der Waals surface area contributed by atoms with Crippen molar-refractivity contribution < 1.29 is 27.4 Å². The molecule has 5 nitrogen and oxygen atoms in total. The van der Waals surface area contributed by atoms with Gasteiger partial charge in [0.1, 0.15) is 17.4 Å². The number of esters is 1. The number of benzene rings is 1. The summed E-state index contributed by atoms with van der Waals surface area (Å²) in [7, 11) is 1.20. The quantitative estimate of drug-likeness (QED) is 0.811. The number of halogens is 3. The van der Waals surface area contributed by atoms with Crippen LogP contribution >= 0.6 is 0 Å². The van der Waals surface area contributed by atoms with Gasteiger partial charge in [0.2, 0.25) is 5.56 Å². The third-order valence-corrected chi connectivity index (χ3v) is 3.79. The summed E-state index contributed by atoms with van der Waals surface area (Å²) in [5, 5.41) is 0. The van der Waals surface area contributed by atoms with Crippen LogP contribution in [0.15, 0.2) is 35.1 Å². The van der Waals surface area contributed by atoms with Crippen molar-refractivity contribution in [1.29, 1.82) is 0 Å². The van der Waals surface area contributed by atoms with Crippen LogP contribution in [-0.2, 0) is 11.2 Å². The highest BCUT2D eigenvalue weighted by atomic mass is 19.4. The van der Waals surface area contributed by atoms with E-state index in [-0.39, 0.29) is 28.3 Å². The highest BCUT2D eigenvalue weighted by Crippen LogP contribution is 2.45. The number of alkyl halides is 3. The van der Waals surface area contributed by atoms with E-state index in [2.05, 4.69) is 9.72 Å². The number of hydrogen-bond donors (Lipinski definition) is 1. The first kappa shape index (κ1) is 16.1. The molecule has 2 aromatic rings. The Morgan fingerprint density at radius 1 is 1.25 bits per heavy atom. The van der Waals surface area contributed by atoms with Crippen molar-refractivity contribution in [3.8, 4) is 11.5 Å². The number of fused-ring (bicyclic) bond motifs is 2. The average Bonchev–Trinajstić information content (AvgIpc) is 2.69. The fourth-order valence-corrected chi connectivity index (χ4v) is 2.61. The minimum Gasteiger partial charge on any atom is -0.465 e. The van der Waals surface area contributed by atoms with Crippen molar-refractivity contribution in [1.82, 2.24) is 4.98 Å². The summed E-state index contributed by atoms with van der Waals surface area (Å²) in [5.74, 6) is -2.51. The molecule has 0 saturated heterocycles. The van der Waals surface area contributed by atoms with E-state index in [1.54, 1.807) is 0 Å². The normalized spacial score (nSPS) is 16.4. The van der Waals surface area contributed by atoms with Crippen LogP contribution in [0.5, 0.6) is 11.5 Å². The zero-order valence-corrected chi connectivity index (χ0v) is 12.4. The van der Waals surface area contributed by atoms with Crippen LogP contribution in [0, 0.1) is 0 Å². The van der Waals surface area contributed by atoms with Gasteiger partial charge >= 0.3 is 12.1 Å². The molecule has 0 fully saturated rings. The smallest absolute Gasteiger partial charge is 0.397 e. The number of pyridine rings is 1. The van der Waals surface area contributed by atoms with E-state index in [1.807, 2.05) is 0 Å².